The van der Waals surface area contributed by atoms with Crippen molar-refractivity contribution in [3.05, 3.63) is 30.1 Å². The Bertz CT molecular complexity index is 458. The van der Waals surface area contributed by atoms with Gasteiger partial charge >= 0.3 is 0 Å². The van der Waals surface area contributed by atoms with Crippen LogP contribution in [0, 0.1) is 0 Å². The van der Waals surface area contributed by atoms with E-state index in [1.54, 1.807) is 24.3 Å². The van der Waals surface area contributed by atoms with Crippen LogP contribution in [-0.2, 0) is 16.1 Å². The average molecular weight is 276 g/mol. The quantitative estimate of drug-likeness (QED) is 0.788. The first-order chi connectivity index (χ1) is 9.66. The zero-order chi connectivity index (χ0) is 14.4. The molecule has 1 aliphatic rings. The summed E-state index contributed by atoms with van der Waals surface area (Å²) in [6.45, 7) is 1.39. The van der Waals surface area contributed by atoms with Gasteiger partial charge in [0.05, 0.1) is 12.6 Å². The van der Waals surface area contributed by atoms with Gasteiger partial charge in [-0.3, -0.25) is 14.6 Å². The van der Waals surface area contributed by atoms with Crippen LogP contribution >= 0.6 is 0 Å². The predicted octanol–water partition coefficient (Wildman–Crippen LogP) is -0.0918. The number of amides is 2. The van der Waals surface area contributed by atoms with Crippen molar-refractivity contribution >= 4 is 11.8 Å². The van der Waals surface area contributed by atoms with Gasteiger partial charge < -0.3 is 15.5 Å². The van der Waals surface area contributed by atoms with E-state index in [-0.39, 0.29) is 24.4 Å². The van der Waals surface area contributed by atoms with Gasteiger partial charge in [0.2, 0.25) is 11.8 Å². The largest absolute Gasteiger partial charge is 0.346 e. The molecule has 2 heterocycles. The summed E-state index contributed by atoms with van der Waals surface area (Å²) in [5.41, 5.74) is 0.965. The fourth-order valence-corrected chi connectivity index (χ4v) is 2.18. The zero-order valence-electron chi connectivity index (χ0n) is 11.6. The highest BCUT2D eigenvalue weighted by Gasteiger charge is 2.22. The van der Waals surface area contributed by atoms with Crippen LogP contribution in [0.1, 0.15) is 18.4 Å². The molecule has 108 valence electrons. The minimum Gasteiger partial charge on any atom is -0.346 e. The Hall–Kier alpha value is -1.95. The van der Waals surface area contributed by atoms with Crippen LogP contribution in [0.25, 0.3) is 0 Å². The molecule has 2 amide bonds. The molecular weight excluding hydrogens is 256 g/mol. The van der Waals surface area contributed by atoms with Gasteiger partial charge in [0.25, 0.3) is 0 Å². The topological polar surface area (TPSA) is 74.3 Å². The Morgan fingerprint density at radius 3 is 3.05 bits per heavy atom. The molecule has 0 bridgehead atoms. The SMILES string of the molecule is CN(Cc1cccnc1)C(=O)CNC(=O)C1CCCN1. The molecule has 6 nitrogen and oxygen atoms in total. The van der Waals surface area contributed by atoms with Crippen LogP contribution in [-0.4, -0.2) is 47.9 Å². The lowest BCUT2D eigenvalue weighted by molar-refractivity contribution is -0.132. The Kier molecular flexibility index (Phi) is 5.06. The summed E-state index contributed by atoms with van der Waals surface area (Å²) in [7, 11) is 1.72. The molecule has 1 aromatic rings. The third-order valence-electron chi connectivity index (χ3n) is 3.36. The molecule has 6 heteroatoms. The van der Waals surface area contributed by atoms with Crippen LogP contribution < -0.4 is 10.6 Å². The molecule has 0 saturated carbocycles. The minimum absolute atomic E-state index is 0.0355. The number of nitrogens with one attached hydrogen (secondary N) is 2. The first-order valence-electron chi connectivity index (χ1n) is 6.81. The lowest BCUT2D eigenvalue weighted by atomic mass is 10.2. The Balaban J connectivity index is 1.75. The van der Waals surface area contributed by atoms with Crippen molar-refractivity contribution < 1.29 is 9.59 Å². The van der Waals surface area contributed by atoms with E-state index in [4.69, 9.17) is 0 Å². The molecular formula is C14H20N4O2. The third-order valence-corrected chi connectivity index (χ3v) is 3.36. The smallest absolute Gasteiger partial charge is 0.242 e. The second-order valence-corrected chi connectivity index (χ2v) is 4.98. The molecule has 1 aliphatic heterocycles. The minimum atomic E-state index is -0.147. The molecule has 0 aromatic carbocycles. The number of hydrogen-bond acceptors (Lipinski definition) is 4. The lowest BCUT2D eigenvalue weighted by Crippen LogP contribution is -2.44. The molecule has 1 fully saturated rings. The summed E-state index contributed by atoms with van der Waals surface area (Å²) in [5.74, 6) is -0.203. The number of aromatic nitrogens is 1. The number of nitrogens with zero attached hydrogens (tertiary/aromatic N) is 2. The predicted molar refractivity (Wildman–Crippen MR) is 74.7 cm³/mol. The van der Waals surface area contributed by atoms with E-state index in [1.165, 1.54) is 0 Å². The van der Waals surface area contributed by atoms with Gasteiger partial charge in [-0.05, 0) is 31.0 Å². The van der Waals surface area contributed by atoms with Crippen molar-refractivity contribution in [1.82, 2.24) is 20.5 Å². The Labute approximate surface area is 118 Å². The van der Waals surface area contributed by atoms with Crippen molar-refractivity contribution in [2.45, 2.75) is 25.4 Å². The highest BCUT2D eigenvalue weighted by molar-refractivity contribution is 5.87. The molecule has 1 saturated heterocycles. The van der Waals surface area contributed by atoms with Gasteiger partial charge in [-0.1, -0.05) is 6.07 Å². The van der Waals surface area contributed by atoms with E-state index in [1.807, 2.05) is 12.1 Å². The number of hydrogen-bond donors (Lipinski definition) is 2. The molecule has 20 heavy (non-hydrogen) atoms. The molecule has 0 aliphatic carbocycles. The lowest BCUT2D eigenvalue weighted by Gasteiger charge is -2.18. The maximum Gasteiger partial charge on any atom is 0.242 e. The highest BCUT2D eigenvalue weighted by Crippen LogP contribution is 2.04. The third kappa shape index (κ3) is 4.03. The Morgan fingerprint density at radius 2 is 2.40 bits per heavy atom. The molecule has 2 N–H and O–H groups in total. The van der Waals surface area contributed by atoms with Gasteiger partial charge in [-0.2, -0.15) is 0 Å². The van der Waals surface area contributed by atoms with Gasteiger partial charge in [0.1, 0.15) is 0 Å². The van der Waals surface area contributed by atoms with E-state index >= 15 is 0 Å². The second-order valence-electron chi connectivity index (χ2n) is 4.98. The molecule has 1 unspecified atom stereocenters. The van der Waals surface area contributed by atoms with Crippen molar-refractivity contribution in [3.63, 3.8) is 0 Å². The number of carbonyl (C=O) groups is 2. The van der Waals surface area contributed by atoms with Crippen molar-refractivity contribution in [1.29, 1.82) is 0 Å². The molecule has 1 atom stereocenters. The summed E-state index contributed by atoms with van der Waals surface area (Å²) in [5, 5.41) is 5.79. The zero-order valence-corrected chi connectivity index (χ0v) is 11.6. The van der Waals surface area contributed by atoms with Gasteiger partial charge in [0, 0.05) is 26.0 Å². The first kappa shape index (κ1) is 14.5. The van der Waals surface area contributed by atoms with Crippen LogP contribution in [0.15, 0.2) is 24.5 Å². The van der Waals surface area contributed by atoms with Crippen LogP contribution in [0.4, 0.5) is 0 Å². The second kappa shape index (κ2) is 7.00. The monoisotopic (exact) mass is 276 g/mol. The standard InChI is InChI=1S/C14H20N4O2/c1-18(10-11-4-2-6-15-8-11)13(19)9-17-14(20)12-5-3-7-16-12/h2,4,6,8,12,16H,3,5,7,9-10H2,1H3,(H,17,20). The van der Waals surface area contributed by atoms with Crippen LogP contribution in [0.2, 0.25) is 0 Å². The van der Waals surface area contributed by atoms with E-state index in [2.05, 4.69) is 15.6 Å². The van der Waals surface area contributed by atoms with Crippen molar-refractivity contribution in [2.75, 3.05) is 20.1 Å². The fraction of sp³-hybridized carbons (Fsp3) is 0.500. The van der Waals surface area contributed by atoms with E-state index < -0.39 is 0 Å². The van der Waals surface area contributed by atoms with Crippen LogP contribution in [0.3, 0.4) is 0 Å². The maximum atomic E-state index is 11.9. The van der Waals surface area contributed by atoms with Gasteiger partial charge in [-0.25, -0.2) is 0 Å². The highest BCUT2D eigenvalue weighted by atomic mass is 16.2. The summed E-state index contributed by atoms with van der Waals surface area (Å²) in [4.78, 5) is 29.3. The van der Waals surface area contributed by atoms with Crippen LogP contribution in [0.5, 0.6) is 0 Å². The number of pyridine rings is 1. The van der Waals surface area contributed by atoms with E-state index in [0.29, 0.717) is 6.54 Å². The summed E-state index contributed by atoms with van der Waals surface area (Å²) in [6.07, 6.45) is 5.27. The first-order valence-corrected chi connectivity index (χ1v) is 6.81. The summed E-state index contributed by atoms with van der Waals surface area (Å²) in [6, 6.07) is 3.60. The summed E-state index contributed by atoms with van der Waals surface area (Å²) < 4.78 is 0. The Morgan fingerprint density at radius 1 is 1.55 bits per heavy atom. The molecule has 1 aromatic heterocycles. The van der Waals surface area contributed by atoms with Crippen molar-refractivity contribution in [3.8, 4) is 0 Å². The number of rotatable bonds is 5. The van der Waals surface area contributed by atoms with E-state index in [9.17, 15) is 9.59 Å². The van der Waals surface area contributed by atoms with E-state index in [0.717, 1.165) is 24.9 Å². The van der Waals surface area contributed by atoms with Gasteiger partial charge in [-0.15, -0.1) is 0 Å². The molecule has 2 rings (SSSR count). The van der Waals surface area contributed by atoms with Crippen molar-refractivity contribution in [2.24, 2.45) is 0 Å². The summed E-state index contributed by atoms with van der Waals surface area (Å²) >= 11 is 0. The normalized spacial score (nSPS) is 17.8. The number of likely N-dealkylation sites (N-methyl/N-ethyl adjacent to an activating group) is 1. The number of carbonyl (C=O) groups excluding carboxylic acids is 2. The fourth-order valence-electron chi connectivity index (χ4n) is 2.18. The average Bonchev–Trinajstić information content (AvgIpc) is 2.99. The molecule has 0 spiro atoms. The van der Waals surface area contributed by atoms with Gasteiger partial charge in [0.15, 0.2) is 0 Å². The maximum absolute atomic E-state index is 11.9. The molecule has 0 radical (unpaired) electrons.